The van der Waals surface area contributed by atoms with Gasteiger partial charge in [-0.2, -0.15) is 0 Å². The molecule has 0 fully saturated rings. The van der Waals surface area contributed by atoms with Crippen LogP contribution in [0.2, 0.25) is 0 Å². The third-order valence-electron chi connectivity index (χ3n) is 3.60. The van der Waals surface area contributed by atoms with Gasteiger partial charge in [0.2, 0.25) is 5.52 Å². The molecule has 0 saturated carbocycles. The molecule has 130 valence electrons. The Labute approximate surface area is 143 Å². The molecule has 3 rings (SSSR count). The molecular weight excluding hydrogens is 326 g/mol. The molecule has 0 aliphatic rings. The van der Waals surface area contributed by atoms with E-state index in [-0.39, 0.29) is 11.2 Å². The molecule has 1 heterocycles. The largest absolute Gasteiger partial charge is 0.494 e. The van der Waals surface area contributed by atoms with Crippen molar-refractivity contribution < 1.29 is 14.3 Å². The van der Waals surface area contributed by atoms with Gasteiger partial charge in [-0.15, -0.1) is 0 Å². The zero-order valence-electron chi connectivity index (χ0n) is 14.0. The van der Waals surface area contributed by atoms with Gasteiger partial charge in [0.15, 0.2) is 5.52 Å². The number of nitro benzene ring substituents is 1. The average Bonchev–Trinajstić information content (AvgIpc) is 3.04. The highest BCUT2D eigenvalue weighted by atomic mass is 16.6. The van der Waals surface area contributed by atoms with E-state index in [0.29, 0.717) is 29.2 Å². The number of aromatic nitrogens is 2. The first-order valence-electron chi connectivity index (χ1n) is 7.62. The zero-order chi connectivity index (χ0) is 18.0. The predicted molar refractivity (Wildman–Crippen MR) is 93.7 cm³/mol. The summed E-state index contributed by atoms with van der Waals surface area (Å²) in [6, 6.07) is 8.81. The first kappa shape index (κ1) is 16.5. The Morgan fingerprint density at radius 3 is 2.52 bits per heavy atom. The molecule has 0 bridgehead atoms. The minimum Gasteiger partial charge on any atom is -0.494 e. The predicted octanol–water partition coefficient (Wildman–Crippen LogP) is 3.34. The summed E-state index contributed by atoms with van der Waals surface area (Å²) >= 11 is 0. The Bertz CT molecular complexity index is 905. The van der Waals surface area contributed by atoms with Crippen molar-refractivity contribution in [3.8, 4) is 5.75 Å². The van der Waals surface area contributed by atoms with Gasteiger partial charge in [0, 0.05) is 19.8 Å². The molecule has 0 saturated heterocycles. The fourth-order valence-corrected chi connectivity index (χ4v) is 2.49. The summed E-state index contributed by atoms with van der Waals surface area (Å²) < 4.78 is 10.1. The number of hydrogen-bond donors (Lipinski definition) is 1. The Hall–Kier alpha value is -3.36. The summed E-state index contributed by atoms with van der Waals surface area (Å²) in [5.41, 5.74) is 1.91. The highest BCUT2D eigenvalue weighted by molar-refractivity contribution is 6.00. The molecular formula is C16H17N5O4. The van der Waals surface area contributed by atoms with Crippen molar-refractivity contribution in [2.45, 2.75) is 6.92 Å². The zero-order valence-corrected chi connectivity index (χ0v) is 14.0. The SMILES string of the molecule is CCOc1ccc(Nc2cc(N(C)C)c3nonc3c2[N+](=O)[O-])cc1. The average molecular weight is 343 g/mol. The van der Waals surface area contributed by atoms with E-state index in [1.807, 2.05) is 21.0 Å². The lowest BCUT2D eigenvalue weighted by molar-refractivity contribution is -0.382. The second kappa shape index (κ2) is 6.63. The molecule has 0 unspecified atom stereocenters. The van der Waals surface area contributed by atoms with Gasteiger partial charge in [0.25, 0.3) is 0 Å². The second-order valence-corrected chi connectivity index (χ2v) is 5.49. The summed E-state index contributed by atoms with van der Waals surface area (Å²) in [5.74, 6) is 0.729. The Balaban J connectivity index is 2.07. The monoisotopic (exact) mass is 343 g/mol. The van der Waals surface area contributed by atoms with Crippen molar-refractivity contribution in [3.63, 3.8) is 0 Å². The first-order chi connectivity index (χ1) is 12.0. The smallest absolute Gasteiger partial charge is 0.324 e. The molecule has 0 atom stereocenters. The third-order valence-corrected chi connectivity index (χ3v) is 3.60. The maximum Gasteiger partial charge on any atom is 0.324 e. The molecule has 0 aliphatic carbocycles. The van der Waals surface area contributed by atoms with Gasteiger partial charge >= 0.3 is 5.69 Å². The molecule has 0 aliphatic heterocycles. The lowest BCUT2D eigenvalue weighted by Gasteiger charge is -2.15. The maximum atomic E-state index is 11.6. The van der Waals surface area contributed by atoms with Crippen LogP contribution in [0.5, 0.6) is 5.75 Å². The molecule has 9 heteroatoms. The number of nitrogens with zero attached hydrogens (tertiary/aromatic N) is 4. The van der Waals surface area contributed by atoms with Gasteiger partial charge in [0.1, 0.15) is 11.4 Å². The van der Waals surface area contributed by atoms with Crippen molar-refractivity contribution in [1.29, 1.82) is 0 Å². The first-order valence-corrected chi connectivity index (χ1v) is 7.62. The maximum absolute atomic E-state index is 11.6. The van der Waals surface area contributed by atoms with Crippen LogP contribution in [-0.4, -0.2) is 35.9 Å². The number of nitro groups is 1. The lowest BCUT2D eigenvalue weighted by atomic mass is 10.1. The summed E-state index contributed by atoms with van der Waals surface area (Å²) in [5, 5.41) is 22.1. The molecule has 9 nitrogen and oxygen atoms in total. The van der Waals surface area contributed by atoms with Crippen LogP contribution in [-0.2, 0) is 0 Å². The van der Waals surface area contributed by atoms with Crippen LogP contribution in [0.4, 0.5) is 22.7 Å². The highest BCUT2D eigenvalue weighted by Gasteiger charge is 2.26. The van der Waals surface area contributed by atoms with E-state index in [2.05, 4.69) is 15.6 Å². The Kier molecular flexibility index (Phi) is 4.38. The van der Waals surface area contributed by atoms with Gasteiger partial charge < -0.3 is 15.0 Å². The minimum atomic E-state index is -0.497. The summed E-state index contributed by atoms with van der Waals surface area (Å²) in [7, 11) is 3.63. The second-order valence-electron chi connectivity index (χ2n) is 5.49. The molecule has 0 amide bonds. The van der Waals surface area contributed by atoms with E-state index < -0.39 is 4.92 Å². The van der Waals surface area contributed by atoms with Crippen molar-refractivity contribution in [1.82, 2.24) is 10.3 Å². The number of nitrogens with one attached hydrogen (secondary N) is 1. The van der Waals surface area contributed by atoms with Crippen LogP contribution < -0.4 is 15.0 Å². The van der Waals surface area contributed by atoms with Crippen LogP contribution >= 0.6 is 0 Å². The molecule has 25 heavy (non-hydrogen) atoms. The normalized spacial score (nSPS) is 10.7. The van der Waals surface area contributed by atoms with Crippen molar-refractivity contribution >= 4 is 33.8 Å². The van der Waals surface area contributed by atoms with Gasteiger partial charge in [-0.05, 0) is 47.6 Å². The molecule has 3 aromatic rings. The third kappa shape index (κ3) is 3.16. The fourth-order valence-electron chi connectivity index (χ4n) is 2.49. The van der Waals surface area contributed by atoms with Crippen LogP contribution in [0.3, 0.4) is 0 Å². The molecule has 2 aromatic carbocycles. The number of hydrogen-bond acceptors (Lipinski definition) is 8. The van der Waals surface area contributed by atoms with E-state index in [1.54, 1.807) is 35.2 Å². The van der Waals surface area contributed by atoms with E-state index in [9.17, 15) is 10.1 Å². The van der Waals surface area contributed by atoms with Crippen molar-refractivity contribution in [2.24, 2.45) is 0 Å². The summed E-state index contributed by atoms with van der Waals surface area (Å²) in [6.07, 6.45) is 0. The van der Waals surface area contributed by atoms with E-state index in [0.717, 1.165) is 5.75 Å². The Morgan fingerprint density at radius 2 is 1.92 bits per heavy atom. The van der Waals surface area contributed by atoms with Crippen molar-refractivity contribution in [2.75, 3.05) is 30.9 Å². The summed E-state index contributed by atoms with van der Waals surface area (Å²) in [6.45, 7) is 2.47. The van der Waals surface area contributed by atoms with Crippen LogP contribution in [0, 0.1) is 10.1 Å². The topological polar surface area (TPSA) is 107 Å². The van der Waals surface area contributed by atoms with E-state index in [1.165, 1.54) is 0 Å². The standard InChI is InChI=1S/C16H17N5O4/c1-4-24-11-7-5-10(6-8-11)17-12-9-13(20(2)3)14-15(19-25-18-14)16(12)21(22)23/h5-9,17H,4H2,1-3H3. The number of rotatable bonds is 6. The number of anilines is 3. The quantitative estimate of drug-likeness (QED) is 0.536. The van der Waals surface area contributed by atoms with Gasteiger partial charge in [-0.25, -0.2) is 4.63 Å². The van der Waals surface area contributed by atoms with Crippen molar-refractivity contribution in [3.05, 3.63) is 40.4 Å². The van der Waals surface area contributed by atoms with E-state index in [4.69, 9.17) is 9.37 Å². The van der Waals surface area contributed by atoms with Gasteiger partial charge in [0.05, 0.1) is 17.2 Å². The molecule has 1 aromatic heterocycles. The summed E-state index contributed by atoms with van der Waals surface area (Å²) in [4.78, 5) is 12.9. The fraction of sp³-hybridized carbons (Fsp3) is 0.250. The highest BCUT2D eigenvalue weighted by Crippen LogP contribution is 2.39. The number of benzene rings is 2. The van der Waals surface area contributed by atoms with Crippen LogP contribution in [0.25, 0.3) is 11.0 Å². The molecule has 0 radical (unpaired) electrons. The van der Waals surface area contributed by atoms with Gasteiger partial charge in [-0.1, -0.05) is 0 Å². The number of ether oxygens (including phenoxy) is 1. The van der Waals surface area contributed by atoms with E-state index >= 15 is 0 Å². The number of fused-ring (bicyclic) bond motifs is 1. The molecule has 0 spiro atoms. The van der Waals surface area contributed by atoms with Crippen LogP contribution in [0.15, 0.2) is 35.0 Å². The Morgan fingerprint density at radius 1 is 1.24 bits per heavy atom. The minimum absolute atomic E-state index is 0.102. The van der Waals surface area contributed by atoms with Gasteiger partial charge in [-0.3, -0.25) is 10.1 Å². The molecule has 1 N–H and O–H groups in total. The lowest BCUT2D eigenvalue weighted by Crippen LogP contribution is -2.10. The van der Waals surface area contributed by atoms with Crippen LogP contribution in [0.1, 0.15) is 6.92 Å².